The minimum Gasteiger partial charge on any atom is -0.507 e. The summed E-state index contributed by atoms with van der Waals surface area (Å²) in [6, 6.07) is 60.8. The predicted molar refractivity (Wildman–Crippen MR) is 253 cm³/mol. The number of nitrogens with zero attached hydrogens (tertiary/aromatic N) is 4. The number of rotatable bonds is 6. The number of aromatic nitrogens is 4. The Morgan fingerprint density at radius 3 is 1.92 bits per heavy atom. The Labute approximate surface area is 377 Å². The molecule has 5 nitrogen and oxygen atoms in total. The molecule has 0 aliphatic heterocycles. The van der Waals surface area contributed by atoms with Gasteiger partial charge in [-0.2, -0.15) is 0 Å². The second kappa shape index (κ2) is 15.7. The van der Waals surface area contributed by atoms with Crippen LogP contribution in [-0.4, -0.2) is 24.2 Å². The molecule has 0 saturated heterocycles. The minimum absolute atomic E-state index is 0. The van der Waals surface area contributed by atoms with Gasteiger partial charge in [-0.25, -0.2) is 4.98 Å². The Hall–Kier alpha value is -6.55. The van der Waals surface area contributed by atoms with Gasteiger partial charge < -0.3 is 9.67 Å². The van der Waals surface area contributed by atoms with Gasteiger partial charge in [0, 0.05) is 55.0 Å². The van der Waals surface area contributed by atoms with E-state index < -0.39 is 0 Å². The molecule has 3 aromatic heterocycles. The number of hydrogen-bond acceptors (Lipinski definition) is 3. The third-order valence-corrected chi connectivity index (χ3v) is 11.9. The number of imidazole rings is 1. The summed E-state index contributed by atoms with van der Waals surface area (Å²) in [4.78, 5) is 10.6. The zero-order valence-corrected chi connectivity index (χ0v) is 38.0. The van der Waals surface area contributed by atoms with Crippen molar-refractivity contribution in [3.8, 4) is 62.0 Å². The van der Waals surface area contributed by atoms with Crippen LogP contribution in [0.5, 0.6) is 5.75 Å². The second-order valence-corrected chi connectivity index (χ2v) is 18.0. The van der Waals surface area contributed by atoms with Gasteiger partial charge in [0.1, 0.15) is 11.6 Å². The van der Waals surface area contributed by atoms with Gasteiger partial charge in [0.05, 0.1) is 33.3 Å². The first-order valence-electron chi connectivity index (χ1n) is 21.0. The molecular weight excluding hydrogens is 940 g/mol. The molecule has 6 heteroatoms. The Morgan fingerprint density at radius 2 is 1.18 bits per heavy atom. The summed E-state index contributed by atoms with van der Waals surface area (Å²) in [6.45, 7) is 13.5. The standard InChI is InChI=1S/C56H47N4O.Pt/c1-55(2,3)39-28-29-47(45(35-39)36-18-9-7-10-19-36)60-49-26-17-24-42(53(49)58-54(60)44-23-14-16-27-50(44)61)37-32-38(34-40(33-37)56(4,5)6)52-51-43-22-13-15-25-46(43)59(48(51)30-31-57-52)41-20-11-8-12-21-41;/h7-31,33-35,61H,1-6H3;/q-1;. The minimum atomic E-state index is -0.182. The van der Waals surface area contributed by atoms with E-state index >= 15 is 0 Å². The van der Waals surface area contributed by atoms with Crippen LogP contribution in [0.2, 0.25) is 0 Å². The van der Waals surface area contributed by atoms with Crippen LogP contribution in [0.4, 0.5) is 0 Å². The van der Waals surface area contributed by atoms with Gasteiger partial charge >= 0.3 is 0 Å². The maximum Gasteiger partial charge on any atom is 0.148 e. The van der Waals surface area contributed by atoms with E-state index in [-0.39, 0.29) is 37.6 Å². The van der Waals surface area contributed by atoms with Crippen LogP contribution in [0.25, 0.3) is 89.1 Å². The molecule has 0 spiro atoms. The molecule has 0 aliphatic carbocycles. The number of hydrogen-bond donors (Lipinski definition) is 1. The first-order chi connectivity index (χ1) is 29.5. The smallest absolute Gasteiger partial charge is 0.148 e. The van der Waals surface area contributed by atoms with Crippen molar-refractivity contribution in [2.24, 2.45) is 0 Å². The predicted octanol–water partition coefficient (Wildman–Crippen LogP) is 14.3. The molecule has 0 saturated carbocycles. The van der Waals surface area contributed by atoms with E-state index in [0.29, 0.717) is 11.4 Å². The van der Waals surface area contributed by atoms with Gasteiger partial charge in [-0.05, 0) is 76.6 Å². The Morgan fingerprint density at radius 1 is 0.532 bits per heavy atom. The third kappa shape index (κ3) is 7.05. The summed E-state index contributed by atoms with van der Waals surface area (Å²) in [5.41, 5.74) is 14.8. The zero-order chi connectivity index (χ0) is 42.0. The van der Waals surface area contributed by atoms with E-state index in [0.717, 1.165) is 77.7 Å². The molecule has 0 bridgehead atoms. The average molecular weight is 987 g/mol. The van der Waals surface area contributed by atoms with Crippen molar-refractivity contribution in [1.82, 2.24) is 19.1 Å². The number of benzene rings is 7. The van der Waals surface area contributed by atoms with Gasteiger partial charge in [0.2, 0.25) is 0 Å². The van der Waals surface area contributed by atoms with E-state index in [4.69, 9.17) is 9.97 Å². The summed E-state index contributed by atoms with van der Waals surface area (Å²) in [5.74, 6) is 0.833. The Balaban J connectivity index is 0.00000490. The quantitative estimate of drug-likeness (QED) is 0.169. The summed E-state index contributed by atoms with van der Waals surface area (Å²) < 4.78 is 4.55. The maximum absolute atomic E-state index is 11.4. The van der Waals surface area contributed by atoms with Crippen molar-refractivity contribution >= 4 is 32.8 Å². The number of phenols is 1. The number of phenolic OH excluding ortho intramolecular Hbond substituents is 1. The van der Waals surface area contributed by atoms with E-state index in [2.05, 4.69) is 196 Å². The first kappa shape index (κ1) is 40.8. The van der Waals surface area contributed by atoms with Crippen LogP contribution in [0, 0.1) is 6.07 Å². The molecule has 0 amide bonds. The van der Waals surface area contributed by atoms with Crippen molar-refractivity contribution < 1.29 is 26.2 Å². The number of aromatic hydroxyl groups is 1. The van der Waals surface area contributed by atoms with Crippen molar-refractivity contribution in [3.63, 3.8) is 0 Å². The molecule has 0 aliphatic rings. The van der Waals surface area contributed by atoms with Crippen molar-refractivity contribution in [2.45, 2.75) is 52.4 Å². The summed E-state index contributed by atoms with van der Waals surface area (Å²) >= 11 is 0. The molecule has 62 heavy (non-hydrogen) atoms. The molecule has 3 heterocycles. The fourth-order valence-electron chi connectivity index (χ4n) is 8.70. The maximum atomic E-state index is 11.4. The van der Waals surface area contributed by atoms with Crippen LogP contribution in [0.3, 0.4) is 0 Å². The van der Waals surface area contributed by atoms with E-state index in [1.165, 1.54) is 11.1 Å². The number of para-hydroxylation sites is 4. The monoisotopic (exact) mass is 986 g/mol. The molecular formula is C56H47N4OPt-. The molecule has 0 unspecified atom stereocenters. The Kier molecular flexibility index (Phi) is 10.4. The van der Waals surface area contributed by atoms with Crippen LogP contribution in [0.1, 0.15) is 52.7 Å². The molecule has 10 rings (SSSR count). The van der Waals surface area contributed by atoms with Crippen LogP contribution < -0.4 is 0 Å². The molecule has 0 fully saturated rings. The largest absolute Gasteiger partial charge is 0.507 e. The van der Waals surface area contributed by atoms with Gasteiger partial charge in [0.15, 0.2) is 0 Å². The van der Waals surface area contributed by atoms with Crippen LogP contribution in [0.15, 0.2) is 170 Å². The van der Waals surface area contributed by atoms with Gasteiger partial charge in [-0.3, -0.25) is 9.55 Å². The number of pyridine rings is 1. The molecule has 308 valence electrons. The molecule has 1 N–H and O–H groups in total. The normalized spacial score (nSPS) is 12.0. The van der Waals surface area contributed by atoms with Gasteiger partial charge in [-0.15, -0.1) is 29.3 Å². The van der Waals surface area contributed by atoms with Crippen molar-refractivity contribution in [1.29, 1.82) is 0 Å². The van der Waals surface area contributed by atoms with Gasteiger partial charge in [-0.1, -0.05) is 150 Å². The molecule has 0 atom stereocenters. The molecule has 10 aromatic rings. The summed E-state index contributed by atoms with van der Waals surface area (Å²) in [6.07, 6.45) is 1.92. The van der Waals surface area contributed by atoms with Crippen molar-refractivity contribution in [2.75, 3.05) is 0 Å². The SMILES string of the molecule is CC(C)(C)c1cc(-c2cccc3c2nc(-c2ccccc2O)n3-c2ccc(C(C)(C)C)cc2-c2ccccc2)[c-]c(-c2nccc3c2c2ccccc2n3-c2ccccc2)c1.[Pt]. The first-order valence-corrected chi connectivity index (χ1v) is 21.0. The van der Waals surface area contributed by atoms with Crippen molar-refractivity contribution in [3.05, 3.63) is 187 Å². The van der Waals surface area contributed by atoms with E-state index in [1.807, 2.05) is 24.4 Å². The molecule has 0 radical (unpaired) electrons. The van der Waals surface area contributed by atoms with Crippen LogP contribution >= 0.6 is 0 Å². The van der Waals surface area contributed by atoms with E-state index in [9.17, 15) is 5.11 Å². The fraction of sp³-hybridized carbons (Fsp3) is 0.143. The summed E-state index contributed by atoms with van der Waals surface area (Å²) in [5, 5.41) is 13.7. The fourth-order valence-corrected chi connectivity index (χ4v) is 8.70. The number of fused-ring (bicyclic) bond motifs is 4. The summed E-state index contributed by atoms with van der Waals surface area (Å²) in [7, 11) is 0. The van der Waals surface area contributed by atoms with Gasteiger partial charge in [0.25, 0.3) is 0 Å². The average Bonchev–Trinajstić information content (AvgIpc) is 3.82. The third-order valence-electron chi connectivity index (χ3n) is 11.9. The zero-order valence-electron chi connectivity index (χ0n) is 35.7. The Bertz CT molecular complexity index is 3280. The second-order valence-electron chi connectivity index (χ2n) is 18.0. The molecule has 7 aromatic carbocycles. The topological polar surface area (TPSA) is 55.9 Å². The van der Waals surface area contributed by atoms with E-state index in [1.54, 1.807) is 6.07 Å². The van der Waals surface area contributed by atoms with Crippen LogP contribution in [-0.2, 0) is 31.9 Å².